The third kappa shape index (κ3) is 5.82. The van der Waals surface area contributed by atoms with Gasteiger partial charge in [-0.15, -0.1) is 0 Å². The summed E-state index contributed by atoms with van der Waals surface area (Å²) in [5.41, 5.74) is -0.353. The van der Waals surface area contributed by atoms with E-state index in [0.29, 0.717) is 6.54 Å². The van der Waals surface area contributed by atoms with Crippen molar-refractivity contribution in [3.05, 3.63) is 0 Å². The van der Waals surface area contributed by atoms with Gasteiger partial charge in [-0.25, -0.2) is 13.1 Å². The first-order chi connectivity index (χ1) is 7.25. The molecule has 0 radical (unpaired) electrons. The van der Waals surface area contributed by atoms with Crippen molar-refractivity contribution in [1.82, 2.24) is 10.0 Å². The Labute approximate surface area is 100 Å². The van der Waals surface area contributed by atoms with Gasteiger partial charge in [-0.05, 0) is 33.7 Å². The van der Waals surface area contributed by atoms with Gasteiger partial charge in [-0.1, -0.05) is 20.3 Å². The fourth-order valence-electron chi connectivity index (χ4n) is 1.62. The molecule has 0 saturated carbocycles. The SMILES string of the molecule is CCCC(C)(C)NS(=O)(=O)C(C)CNCC. The molecule has 0 saturated heterocycles. The van der Waals surface area contributed by atoms with Crippen LogP contribution in [0, 0.1) is 0 Å². The Morgan fingerprint density at radius 1 is 1.25 bits per heavy atom. The summed E-state index contributed by atoms with van der Waals surface area (Å²) < 4.78 is 26.7. The lowest BCUT2D eigenvalue weighted by Crippen LogP contribution is -2.48. The summed E-state index contributed by atoms with van der Waals surface area (Å²) in [6.45, 7) is 10.9. The molecular formula is C11H26N2O2S. The molecule has 0 bridgehead atoms. The lowest BCUT2D eigenvalue weighted by atomic mass is 10.0. The maximum absolute atomic E-state index is 12.0. The van der Waals surface area contributed by atoms with Crippen molar-refractivity contribution in [2.75, 3.05) is 13.1 Å². The summed E-state index contributed by atoms with van der Waals surface area (Å²) in [4.78, 5) is 0. The van der Waals surface area contributed by atoms with Gasteiger partial charge in [0.25, 0.3) is 0 Å². The zero-order valence-corrected chi connectivity index (χ0v) is 11.9. The molecule has 0 rings (SSSR count). The highest BCUT2D eigenvalue weighted by molar-refractivity contribution is 7.90. The van der Waals surface area contributed by atoms with Crippen LogP contribution in [0.1, 0.15) is 47.5 Å². The van der Waals surface area contributed by atoms with Gasteiger partial charge in [0.15, 0.2) is 0 Å². The van der Waals surface area contributed by atoms with Crippen LogP contribution in [-0.2, 0) is 10.0 Å². The minimum absolute atomic E-state index is 0.353. The summed E-state index contributed by atoms with van der Waals surface area (Å²) in [6, 6.07) is 0. The molecule has 0 aromatic rings. The maximum Gasteiger partial charge on any atom is 0.215 e. The zero-order chi connectivity index (χ0) is 12.8. The van der Waals surface area contributed by atoms with Crippen molar-refractivity contribution in [2.45, 2.75) is 58.2 Å². The average molecular weight is 250 g/mol. The van der Waals surface area contributed by atoms with E-state index in [0.717, 1.165) is 19.4 Å². The quantitative estimate of drug-likeness (QED) is 0.686. The molecular weight excluding hydrogens is 224 g/mol. The molecule has 0 aromatic carbocycles. The van der Waals surface area contributed by atoms with E-state index in [1.54, 1.807) is 6.92 Å². The number of rotatable bonds is 8. The highest BCUT2D eigenvalue weighted by atomic mass is 32.2. The smallest absolute Gasteiger partial charge is 0.215 e. The molecule has 0 spiro atoms. The summed E-state index contributed by atoms with van der Waals surface area (Å²) >= 11 is 0. The molecule has 0 aromatic heterocycles. The molecule has 0 aliphatic heterocycles. The monoisotopic (exact) mass is 250 g/mol. The number of sulfonamides is 1. The van der Waals surface area contributed by atoms with Crippen LogP contribution in [0.4, 0.5) is 0 Å². The van der Waals surface area contributed by atoms with Crippen LogP contribution in [0.15, 0.2) is 0 Å². The van der Waals surface area contributed by atoms with Gasteiger partial charge in [-0.3, -0.25) is 0 Å². The predicted octanol–water partition coefficient (Wildman–Crippen LogP) is 1.48. The fraction of sp³-hybridized carbons (Fsp3) is 1.00. The minimum Gasteiger partial charge on any atom is -0.316 e. The molecule has 0 aliphatic carbocycles. The van der Waals surface area contributed by atoms with E-state index < -0.39 is 15.3 Å². The molecule has 5 heteroatoms. The first kappa shape index (κ1) is 15.9. The summed E-state index contributed by atoms with van der Waals surface area (Å²) in [7, 11) is -3.22. The molecule has 4 nitrogen and oxygen atoms in total. The van der Waals surface area contributed by atoms with Gasteiger partial charge in [-0.2, -0.15) is 0 Å². The minimum atomic E-state index is -3.22. The summed E-state index contributed by atoms with van der Waals surface area (Å²) in [5, 5.41) is 2.65. The largest absolute Gasteiger partial charge is 0.316 e. The lowest BCUT2D eigenvalue weighted by Gasteiger charge is -2.27. The van der Waals surface area contributed by atoms with Crippen LogP contribution < -0.4 is 10.0 Å². The third-order valence-electron chi connectivity index (χ3n) is 2.51. The van der Waals surface area contributed by atoms with Crippen molar-refractivity contribution in [1.29, 1.82) is 0 Å². The third-order valence-corrected chi connectivity index (χ3v) is 4.57. The highest BCUT2D eigenvalue weighted by Gasteiger charge is 2.28. The van der Waals surface area contributed by atoms with Gasteiger partial charge < -0.3 is 5.32 Å². The van der Waals surface area contributed by atoms with Crippen molar-refractivity contribution in [3.63, 3.8) is 0 Å². The molecule has 0 amide bonds. The second-order valence-corrected chi connectivity index (χ2v) is 7.00. The second kappa shape index (κ2) is 6.57. The Balaban J connectivity index is 4.44. The average Bonchev–Trinajstić information content (AvgIpc) is 2.11. The van der Waals surface area contributed by atoms with Crippen molar-refractivity contribution < 1.29 is 8.42 Å². The van der Waals surface area contributed by atoms with E-state index in [4.69, 9.17) is 0 Å². The first-order valence-corrected chi connectivity index (χ1v) is 7.53. The second-order valence-electron chi connectivity index (χ2n) is 4.90. The summed E-state index contributed by atoms with van der Waals surface area (Å²) in [6.07, 6.45) is 1.82. The van der Waals surface area contributed by atoms with E-state index in [-0.39, 0.29) is 5.54 Å². The van der Waals surface area contributed by atoms with Crippen LogP contribution >= 0.6 is 0 Å². The molecule has 0 aliphatic rings. The molecule has 0 fully saturated rings. The van der Waals surface area contributed by atoms with Crippen LogP contribution in [0.5, 0.6) is 0 Å². The molecule has 2 N–H and O–H groups in total. The Hall–Kier alpha value is -0.130. The number of hydrogen-bond donors (Lipinski definition) is 2. The number of hydrogen-bond acceptors (Lipinski definition) is 3. The van der Waals surface area contributed by atoms with Gasteiger partial charge in [0.1, 0.15) is 0 Å². The van der Waals surface area contributed by atoms with Crippen LogP contribution in [0.3, 0.4) is 0 Å². The number of nitrogens with one attached hydrogen (secondary N) is 2. The van der Waals surface area contributed by atoms with E-state index in [1.807, 2.05) is 20.8 Å². The molecule has 98 valence electrons. The van der Waals surface area contributed by atoms with E-state index in [9.17, 15) is 8.42 Å². The Bertz CT molecular complexity index is 286. The van der Waals surface area contributed by atoms with E-state index in [2.05, 4.69) is 17.0 Å². The zero-order valence-electron chi connectivity index (χ0n) is 11.1. The molecule has 16 heavy (non-hydrogen) atoms. The van der Waals surface area contributed by atoms with Crippen molar-refractivity contribution >= 4 is 10.0 Å². The van der Waals surface area contributed by atoms with E-state index >= 15 is 0 Å². The molecule has 1 atom stereocenters. The topological polar surface area (TPSA) is 58.2 Å². The van der Waals surface area contributed by atoms with Gasteiger partial charge in [0.2, 0.25) is 10.0 Å². The fourth-order valence-corrected chi connectivity index (χ4v) is 3.03. The Morgan fingerprint density at radius 3 is 2.25 bits per heavy atom. The Morgan fingerprint density at radius 2 is 1.81 bits per heavy atom. The predicted molar refractivity (Wildman–Crippen MR) is 69.0 cm³/mol. The van der Waals surface area contributed by atoms with E-state index in [1.165, 1.54) is 0 Å². The first-order valence-electron chi connectivity index (χ1n) is 5.98. The summed E-state index contributed by atoms with van der Waals surface area (Å²) in [5.74, 6) is 0. The van der Waals surface area contributed by atoms with Gasteiger partial charge in [0.05, 0.1) is 5.25 Å². The highest BCUT2D eigenvalue weighted by Crippen LogP contribution is 2.14. The van der Waals surface area contributed by atoms with Crippen LogP contribution in [-0.4, -0.2) is 32.3 Å². The van der Waals surface area contributed by atoms with Crippen molar-refractivity contribution in [3.8, 4) is 0 Å². The standard InChI is InChI=1S/C11H26N2O2S/c1-6-8-11(4,5)13-16(14,15)10(3)9-12-7-2/h10,12-13H,6-9H2,1-5H3. The maximum atomic E-state index is 12.0. The molecule has 1 unspecified atom stereocenters. The van der Waals surface area contributed by atoms with Gasteiger partial charge in [0, 0.05) is 12.1 Å². The Kier molecular flexibility index (Phi) is 6.51. The van der Waals surface area contributed by atoms with Crippen molar-refractivity contribution in [2.24, 2.45) is 0 Å². The van der Waals surface area contributed by atoms with Crippen LogP contribution in [0.2, 0.25) is 0 Å². The van der Waals surface area contributed by atoms with Gasteiger partial charge >= 0.3 is 0 Å². The molecule has 0 heterocycles. The van der Waals surface area contributed by atoms with Crippen LogP contribution in [0.25, 0.3) is 0 Å². The lowest BCUT2D eigenvalue weighted by molar-refractivity contribution is 0.414. The normalized spacial score (nSPS) is 15.1.